The van der Waals surface area contributed by atoms with Gasteiger partial charge in [0.25, 0.3) is 5.91 Å². The maximum atomic E-state index is 12.0. The molecule has 0 fully saturated rings. The van der Waals surface area contributed by atoms with Crippen LogP contribution in [0, 0.1) is 6.92 Å². The fraction of sp³-hybridized carbons (Fsp3) is 0.471. The van der Waals surface area contributed by atoms with Gasteiger partial charge >= 0.3 is 0 Å². The van der Waals surface area contributed by atoms with Gasteiger partial charge in [0.05, 0.1) is 0 Å². The van der Waals surface area contributed by atoms with Crippen molar-refractivity contribution in [3.8, 4) is 5.75 Å². The number of aromatic nitrogens is 2. The first-order valence-electron chi connectivity index (χ1n) is 7.99. The summed E-state index contributed by atoms with van der Waals surface area (Å²) in [6.07, 6.45) is 1.08. The Kier molecular flexibility index (Phi) is 7.05. The van der Waals surface area contributed by atoms with Crippen LogP contribution in [0.15, 0.2) is 22.5 Å². The molecule has 0 aliphatic heterocycles. The molecule has 0 saturated heterocycles. The zero-order chi connectivity index (χ0) is 17.5. The van der Waals surface area contributed by atoms with Gasteiger partial charge in [0, 0.05) is 5.75 Å². The van der Waals surface area contributed by atoms with E-state index in [2.05, 4.69) is 49.3 Å². The summed E-state index contributed by atoms with van der Waals surface area (Å²) in [6.45, 7) is 8.44. The number of aryl methyl sites for hydroxylation is 1. The van der Waals surface area contributed by atoms with Gasteiger partial charge in [-0.3, -0.25) is 10.1 Å². The third kappa shape index (κ3) is 5.49. The van der Waals surface area contributed by atoms with Crippen molar-refractivity contribution in [2.45, 2.75) is 44.4 Å². The van der Waals surface area contributed by atoms with Crippen molar-refractivity contribution in [1.29, 1.82) is 0 Å². The highest BCUT2D eigenvalue weighted by molar-refractivity contribution is 8.01. The molecular weight excluding hydrogens is 342 g/mol. The smallest absolute Gasteiger partial charge is 0.264 e. The molecule has 1 aromatic carbocycles. The van der Waals surface area contributed by atoms with Gasteiger partial charge < -0.3 is 4.74 Å². The van der Waals surface area contributed by atoms with Gasteiger partial charge in [-0.2, -0.15) is 0 Å². The number of amides is 1. The molecule has 0 unspecified atom stereocenters. The van der Waals surface area contributed by atoms with E-state index in [1.165, 1.54) is 22.5 Å². The van der Waals surface area contributed by atoms with Crippen LogP contribution < -0.4 is 10.1 Å². The highest BCUT2D eigenvalue weighted by Gasteiger charge is 2.10. The van der Waals surface area contributed by atoms with Crippen LogP contribution in [0.4, 0.5) is 5.13 Å². The molecule has 1 aromatic heterocycles. The number of carbonyl (C=O) groups excluding carboxylic acids is 1. The summed E-state index contributed by atoms with van der Waals surface area (Å²) < 4.78 is 6.43. The number of benzene rings is 1. The number of nitrogens with zero attached hydrogens (tertiary/aromatic N) is 2. The fourth-order valence-corrected chi connectivity index (χ4v) is 3.89. The zero-order valence-electron chi connectivity index (χ0n) is 14.5. The summed E-state index contributed by atoms with van der Waals surface area (Å²) >= 11 is 3.03. The van der Waals surface area contributed by atoms with Crippen LogP contribution in [0.25, 0.3) is 0 Å². The first-order valence-corrected chi connectivity index (χ1v) is 9.79. The molecule has 0 saturated carbocycles. The number of rotatable bonds is 8. The molecule has 0 radical (unpaired) electrons. The van der Waals surface area contributed by atoms with Crippen molar-refractivity contribution in [1.82, 2.24) is 10.2 Å². The van der Waals surface area contributed by atoms with Crippen molar-refractivity contribution in [3.05, 3.63) is 29.3 Å². The number of nitrogens with one attached hydrogen (secondary N) is 1. The summed E-state index contributed by atoms with van der Waals surface area (Å²) in [5, 5.41) is 11.2. The summed E-state index contributed by atoms with van der Waals surface area (Å²) in [5.74, 6) is 1.93. The standard InChI is InChI=1S/C17H23N3O2S2/c1-5-8-23-17-20-19-16(24-17)18-15(21)10-22-13-6-7-14(11(2)3)12(4)9-13/h6-7,9,11H,5,8,10H2,1-4H3,(H,18,19,21). The molecule has 0 aliphatic carbocycles. The molecule has 0 spiro atoms. The third-order valence-electron chi connectivity index (χ3n) is 3.32. The Bertz CT molecular complexity index is 686. The third-order valence-corrected chi connectivity index (χ3v) is 5.49. The Morgan fingerprint density at radius 3 is 2.83 bits per heavy atom. The summed E-state index contributed by atoms with van der Waals surface area (Å²) in [5.41, 5.74) is 2.46. The van der Waals surface area contributed by atoms with Crippen LogP contribution in [0.5, 0.6) is 5.75 Å². The van der Waals surface area contributed by atoms with Crippen LogP contribution in [0.2, 0.25) is 0 Å². The predicted molar refractivity (Wildman–Crippen MR) is 100 cm³/mol. The topological polar surface area (TPSA) is 64.1 Å². The van der Waals surface area contributed by atoms with E-state index in [1.54, 1.807) is 11.8 Å². The van der Waals surface area contributed by atoms with Gasteiger partial charge in [0.15, 0.2) is 10.9 Å². The van der Waals surface area contributed by atoms with Crippen LogP contribution in [-0.4, -0.2) is 28.5 Å². The zero-order valence-corrected chi connectivity index (χ0v) is 16.1. The second kappa shape index (κ2) is 9.03. The molecule has 2 aromatic rings. The first kappa shape index (κ1) is 18.7. The molecule has 7 heteroatoms. The molecule has 130 valence electrons. The number of carbonyl (C=O) groups is 1. The molecule has 0 aliphatic rings. The van der Waals surface area contributed by atoms with Crippen molar-refractivity contribution in [2.24, 2.45) is 0 Å². The summed E-state index contributed by atoms with van der Waals surface area (Å²) in [6, 6.07) is 5.92. The SMILES string of the molecule is CCCSc1nnc(NC(=O)COc2ccc(C(C)C)c(C)c2)s1. The molecule has 1 N–H and O–H groups in total. The molecule has 5 nitrogen and oxygen atoms in total. The lowest BCUT2D eigenvalue weighted by Crippen LogP contribution is -2.20. The van der Waals surface area contributed by atoms with Gasteiger partial charge in [0.2, 0.25) is 5.13 Å². The van der Waals surface area contributed by atoms with Gasteiger partial charge in [-0.1, -0.05) is 49.9 Å². The Balaban J connectivity index is 1.84. The number of anilines is 1. The molecule has 0 bridgehead atoms. The van der Waals surface area contributed by atoms with Crippen LogP contribution >= 0.6 is 23.1 Å². The van der Waals surface area contributed by atoms with Crippen molar-refractivity contribution in [2.75, 3.05) is 17.7 Å². The van der Waals surface area contributed by atoms with E-state index in [4.69, 9.17) is 4.74 Å². The van der Waals surface area contributed by atoms with E-state index in [1.807, 2.05) is 12.1 Å². The normalized spacial score (nSPS) is 10.9. The Morgan fingerprint density at radius 2 is 2.17 bits per heavy atom. The lowest BCUT2D eigenvalue weighted by Gasteiger charge is -2.12. The maximum Gasteiger partial charge on any atom is 0.264 e. The van der Waals surface area contributed by atoms with E-state index in [-0.39, 0.29) is 12.5 Å². The molecule has 1 heterocycles. The highest BCUT2D eigenvalue weighted by atomic mass is 32.2. The van der Waals surface area contributed by atoms with Crippen LogP contribution in [-0.2, 0) is 4.79 Å². The monoisotopic (exact) mass is 365 g/mol. The van der Waals surface area contributed by atoms with E-state index in [0.29, 0.717) is 16.8 Å². The van der Waals surface area contributed by atoms with Crippen molar-refractivity contribution in [3.63, 3.8) is 0 Å². The molecule has 24 heavy (non-hydrogen) atoms. The van der Waals surface area contributed by atoms with Crippen LogP contribution in [0.3, 0.4) is 0 Å². The minimum Gasteiger partial charge on any atom is -0.484 e. The minimum absolute atomic E-state index is 0.0442. The van der Waals surface area contributed by atoms with Crippen molar-refractivity contribution < 1.29 is 9.53 Å². The summed E-state index contributed by atoms with van der Waals surface area (Å²) in [7, 11) is 0. The molecule has 0 atom stereocenters. The number of thioether (sulfide) groups is 1. The molecular formula is C17H23N3O2S2. The van der Waals surface area contributed by atoms with Crippen LogP contribution in [0.1, 0.15) is 44.2 Å². The van der Waals surface area contributed by atoms with E-state index < -0.39 is 0 Å². The van der Waals surface area contributed by atoms with E-state index in [9.17, 15) is 4.79 Å². The Labute approximate surface area is 151 Å². The summed E-state index contributed by atoms with van der Waals surface area (Å²) in [4.78, 5) is 12.0. The minimum atomic E-state index is -0.233. The second-order valence-electron chi connectivity index (χ2n) is 5.73. The lowest BCUT2D eigenvalue weighted by atomic mass is 9.98. The fourth-order valence-electron chi connectivity index (χ4n) is 2.20. The lowest BCUT2D eigenvalue weighted by molar-refractivity contribution is -0.118. The van der Waals surface area contributed by atoms with E-state index in [0.717, 1.165) is 16.5 Å². The quantitative estimate of drug-likeness (QED) is 0.551. The second-order valence-corrected chi connectivity index (χ2v) is 8.05. The average Bonchev–Trinajstić information content (AvgIpc) is 2.98. The Morgan fingerprint density at radius 1 is 1.38 bits per heavy atom. The van der Waals surface area contributed by atoms with Gasteiger partial charge in [-0.25, -0.2) is 0 Å². The number of ether oxygens (including phenoxy) is 1. The first-order chi connectivity index (χ1) is 11.5. The largest absolute Gasteiger partial charge is 0.484 e. The van der Waals surface area contributed by atoms with Gasteiger partial charge in [-0.15, -0.1) is 10.2 Å². The number of hydrogen-bond donors (Lipinski definition) is 1. The molecule has 1 amide bonds. The van der Waals surface area contributed by atoms with Gasteiger partial charge in [0.1, 0.15) is 5.75 Å². The Hall–Kier alpha value is -1.60. The predicted octanol–water partition coefficient (Wildman–Crippen LogP) is 4.49. The van der Waals surface area contributed by atoms with Crippen molar-refractivity contribution >= 4 is 34.1 Å². The number of hydrogen-bond acceptors (Lipinski definition) is 6. The van der Waals surface area contributed by atoms with E-state index >= 15 is 0 Å². The maximum absolute atomic E-state index is 12.0. The average molecular weight is 366 g/mol. The van der Waals surface area contributed by atoms with Gasteiger partial charge in [-0.05, 0) is 42.5 Å². The molecule has 2 rings (SSSR count). The highest BCUT2D eigenvalue weighted by Crippen LogP contribution is 2.26.